The van der Waals surface area contributed by atoms with Crippen molar-refractivity contribution in [1.29, 1.82) is 0 Å². The number of carbonyl (C=O) groups excluding carboxylic acids is 1. The molecule has 1 fully saturated rings. The molecule has 2 atom stereocenters. The molecule has 2 unspecified atom stereocenters. The van der Waals surface area contributed by atoms with Gasteiger partial charge in [0.15, 0.2) is 0 Å². The monoisotopic (exact) mass is 403 g/mol. The third kappa shape index (κ3) is 3.03. The summed E-state index contributed by atoms with van der Waals surface area (Å²) in [6.07, 6.45) is 2.24. The van der Waals surface area contributed by atoms with Crippen molar-refractivity contribution in [2.45, 2.75) is 17.2 Å². The molecule has 0 amide bonds. The number of hydrogen-bond donors (Lipinski definition) is 1. The molecule has 1 aliphatic carbocycles. The van der Waals surface area contributed by atoms with E-state index < -0.39 is 21.8 Å². The Labute approximate surface area is 162 Å². The fourth-order valence-corrected chi connectivity index (χ4v) is 4.83. The van der Waals surface area contributed by atoms with Gasteiger partial charge in [0.05, 0.1) is 24.3 Å². The van der Waals surface area contributed by atoms with Crippen molar-refractivity contribution >= 4 is 27.8 Å². The summed E-state index contributed by atoms with van der Waals surface area (Å²) in [5.41, 5.74) is 1.08. The van der Waals surface area contributed by atoms with Crippen LogP contribution in [0.3, 0.4) is 0 Å². The molecule has 8 heteroatoms. The van der Waals surface area contributed by atoms with E-state index in [1.165, 1.54) is 19.3 Å². The third-order valence-corrected chi connectivity index (χ3v) is 6.51. The summed E-state index contributed by atoms with van der Waals surface area (Å²) < 4.78 is 52.3. The molecule has 1 N–H and O–H groups in total. The molecule has 0 saturated heterocycles. The molecule has 2 aliphatic rings. The van der Waals surface area contributed by atoms with Crippen molar-refractivity contribution in [1.82, 2.24) is 0 Å². The number of halogens is 1. The van der Waals surface area contributed by atoms with E-state index in [0.29, 0.717) is 24.2 Å². The van der Waals surface area contributed by atoms with Gasteiger partial charge >= 0.3 is 5.97 Å². The van der Waals surface area contributed by atoms with Crippen LogP contribution < -0.4 is 9.46 Å². The highest BCUT2D eigenvalue weighted by molar-refractivity contribution is 7.92. The Morgan fingerprint density at radius 2 is 2.14 bits per heavy atom. The number of sulfonamides is 1. The topological polar surface area (TPSA) is 81.7 Å². The second-order valence-electron chi connectivity index (χ2n) is 6.80. The number of ether oxygens (including phenoxy) is 2. The molecule has 0 bridgehead atoms. The predicted molar refractivity (Wildman–Crippen MR) is 101 cm³/mol. The molecule has 0 spiro atoms. The number of anilines is 1. The van der Waals surface area contributed by atoms with Gasteiger partial charge in [-0.1, -0.05) is 18.7 Å². The Morgan fingerprint density at radius 3 is 2.86 bits per heavy atom. The van der Waals surface area contributed by atoms with Gasteiger partial charge in [-0.15, -0.1) is 0 Å². The van der Waals surface area contributed by atoms with E-state index in [0.717, 1.165) is 30.2 Å². The lowest BCUT2D eigenvalue weighted by Crippen LogP contribution is -2.20. The number of hydrogen-bond acceptors (Lipinski definition) is 5. The van der Waals surface area contributed by atoms with Crippen molar-refractivity contribution in [3.05, 3.63) is 59.4 Å². The smallest absolute Gasteiger partial charge is 0.343 e. The first-order chi connectivity index (χ1) is 13.4. The van der Waals surface area contributed by atoms with Crippen LogP contribution in [-0.2, 0) is 14.8 Å². The van der Waals surface area contributed by atoms with Gasteiger partial charge in [-0.05, 0) is 47.7 Å². The van der Waals surface area contributed by atoms with Crippen LogP contribution in [0.5, 0.6) is 5.75 Å². The van der Waals surface area contributed by atoms with E-state index in [1.807, 2.05) is 0 Å². The number of rotatable bonds is 5. The van der Waals surface area contributed by atoms with Crippen LogP contribution in [0.2, 0.25) is 0 Å². The van der Waals surface area contributed by atoms with Crippen LogP contribution in [-0.4, -0.2) is 28.1 Å². The van der Waals surface area contributed by atoms with Gasteiger partial charge in [-0.3, -0.25) is 4.72 Å². The lowest BCUT2D eigenvalue weighted by molar-refractivity contribution is 0.0596. The number of nitrogens with one attached hydrogen (secondary N) is 1. The van der Waals surface area contributed by atoms with E-state index in [2.05, 4.69) is 11.3 Å². The second-order valence-corrected chi connectivity index (χ2v) is 8.45. The molecule has 28 heavy (non-hydrogen) atoms. The van der Waals surface area contributed by atoms with Crippen LogP contribution in [0.15, 0.2) is 41.8 Å². The molecule has 1 aliphatic heterocycles. The van der Waals surface area contributed by atoms with Crippen molar-refractivity contribution in [2.75, 3.05) is 18.4 Å². The summed E-state index contributed by atoms with van der Waals surface area (Å²) in [5, 5.41) is 0. The first-order valence-corrected chi connectivity index (χ1v) is 10.2. The molecule has 2 aromatic rings. The van der Waals surface area contributed by atoms with Gasteiger partial charge in [0.1, 0.15) is 17.1 Å². The quantitative estimate of drug-likeness (QED) is 0.772. The fraction of sp³-hybridized carbons (Fsp3) is 0.250. The maximum absolute atomic E-state index is 13.5. The highest BCUT2D eigenvalue weighted by Crippen LogP contribution is 2.55. The highest BCUT2D eigenvalue weighted by Gasteiger charge is 2.45. The van der Waals surface area contributed by atoms with Crippen LogP contribution in [0.1, 0.15) is 33.8 Å². The lowest BCUT2D eigenvalue weighted by Gasteiger charge is -2.22. The average Bonchev–Trinajstić information content (AvgIpc) is 3.46. The molecule has 1 saturated carbocycles. The van der Waals surface area contributed by atoms with Gasteiger partial charge in [-0.2, -0.15) is 0 Å². The minimum atomic E-state index is -4.12. The zero-order valence-electron chi connectivity index (χ0n) is 15.1. The van der Waals surface area contributed by atoms with Crippen molar-refractivity contribution < 1.29 is 27.1 Å². The van der Waals surface area contributed by atoms with Crippen LogP contribution in [0, 0.1) is 11.7 Å². The minimum absolute atomic E-state index is 0.0381. The van der Waals surface area contributed by atoms with Gasteiger partial charge in [0.2, 0.25) is 0 Å². The van der Waals surface area contributed by atoms with Crippen molar-refractivity contribution in [3.8, 4) is 5.75 Å². The Hall–Kier alpha value is -2.87. The van der Waals surface area contributed by atoms with Gasteiger partial charge < -0.3 is 9.47 Å². The summed E-state index contributed by atoms with van der Waals surface area (Å²) in [5.74, 6) is -0.159. The number of carbonyl (C=O) groups is 1. The van der Waals surface area contributed by atoms with Gasteiger partial charge in [-0.25, -0.2) is 17.6 Å². The van der Waals surface area contributed by atoms with Crippen LogP contribution >= 0.6 is 0 Å². The predicted octanol–water partition coefficient (Wildman–Crippen LogP) is 3.55. The molecule has 6 nitrogen and oxygen atoms in total. The Morgan fingerprint density at radius 1 is 1.36 bits per heavy atom. The molecule has 146 valence electrons. The summed E-state index contributed by atoms with van der Waals surface area (Å²) >= 11 is 0. The highest BCUT2D eigenvalue weighted by atomic mass is 32.2. The molecule has 0 radical (unpaired) electrons. The molecular weight excluding hydrogens is 385 g/mol. The van der Waals surface area contributed by atoms with Gasteiger partial charge in [0, 0.05) is 5.92 Å². The zero-order chi connectivity index (χ0) is 20.1. The molecule has 2 aromatic carbocycles. The first-order valence-electron chi connectivity index (χ1n) is 8.68. The van der Waals surface area contributed by atoms with E-state index >= 15 is 0 Å². The van der Waals surface area contributed by atoms with E-state index in [1.54, 1.807) is 6.07 Å². The molecule has 4 rings (SSSR count). The van der Waals surface area contributed by atoms with E-state index in [-0.39, 0.29) is 21.7 Å². The fourth-order valence-electron chi connectivity index (χ4n) is 3.56. The van der Waals surface area contributed by atoms with Crippen LogP contribution in [0.4, 0.5) is 10.1 Å². The first kappa shape index (κ1) is 18.5. The Bertz CT molecular complexity index is 1100. The third-order valence-electron chi connectivity index (χ3n) is 5.07. The summed E-state index contributed by atoms with van der Waals surface area (Å²) in [6.45, 7) is 4.01. The summed E-state index contributed by atoms with van der Waals surface area (Å²) in [4.78, 5) is 12.3. The lowest BCUT2D eigenvalue weighted by atomic mass is 10.0. The maximum Gasteiger partial charge on any atom is 0.343 e. The molecule has 0 aromatic heterocycles. The summed E-state index contributed by atoms with van der Waals surface area (Å²) in [6, 6.07) is 6.57. The van der Waals surface area contributed by atoms with Crippen LogP contribution in [0.25, 0.3) is 6.08 Å². The van der Waals surface area contributed by atoms with Crippen molar-refractivity contribution in [3.63, 3.8) is 0 Å². The number of benzene rings is 2. The Balaban J connectivity index is 1.80. The Kier molecular flexibility index (Phi) is 4.38. The van der Waals surface area contributed by atoms with Gasteiger partial charge in [0.25, 0.3) is 10.0 Å². The second kappa shape index (κ2) is 6.63. The zero-order valence-corrected chi connectivity index (χ0v) is 15.9. The van der Waals surface area contributed by atoms with Crippen molar-refractivity contribution in [2.24, 2.45) is 5.92 Å². The number of methoxy groups -OCH3 is 1. The average molecular weight is 403 g/mol. The maximum atomic E-state index is 13.5. The summed E-state index contributed by atoms with van der Waals surface area (Å²) in [7, 11) is -2.90. The van der Waals surface area contributed by atoms with E-state index in [9.17, 15) is 17.6 Å². The normalized spacial score (nSPS) is 19.6. The largest absolute Gasteiger partial charge is 0.492 e. The SMILES string of the molecule is C=Cc1cc(F)ccc1S(=O)(=O)Nc1ccc2c(c1C(=O)OC)OCC1CC21. The standard InChI is InChI=1S/C20H18FNO5S/c1-3-11-8-13(21)4-7-17(11)28(24,25)22-16-6-5-14-15-9-12(15)10-27-19(14)18(16)20(23)26-2/h3-8,12,15,22H,1,9-10H2,2H3. The van der Waals surface area contributed by atoms with E-state index in [4.69, 9.17) is 9.47 Å². The number of fused-ring (bicyclic) bond motifs is 3. The minimum Gasteiger partial charge on any atom is -0.492 e. The number of esters is 1. The molecule has 1 heterocycles. The molecular formula is C20H18FNO5S.